The van der Waals surface area contributed by atoms with E-state index in [-0.39, 0.29) is 24.0 Å². The standard InChI is InChI=1S/C22H31N3O3.HI/c1-25(17-19-10-14-27-15-11-19)22(23-12-9-21-4-3-13-28-21)24-16-18-5-7-20(26-2)8-6-18;/h3-8,13,19H,9-12,14-17H2,1-2H3,(H,23,24);1H. The highest BCUT2D eigenvalue weighted by Gasteiger charge is 2.17. The first kappa shape index (κ1) is 23.5. The number of halogens is 1. The lowest BCUT2D eigenvalue weighted by molar-refractivity contribution is 0.0610. The summed E-state index contributed by atoms with van der Waals surface area (Å²) in [5, 5.41) is 3.50. The monoisotopic (exact) mass is 513 g/mol. The van der Waals surface area contributed by atoms with Gasteiger partial charge in [-0.3, -0.25) is 0 Å². The van der Waals surface area contributed by atoms with Crippen molar-refractivity contribution in [1.82, 2.24) is 10.2 Å². The molecule has 0 spiro atoms. The minimum absolute atomic E-state index is 0. The van der Waals surface area contributed by atoms with E-state index in [2.05, 4.69) is 29.4 Å². The molecular weight excluding hydrogens is 481 g/mol. The maximum atomic E-state index is 5.49. The number of nitrogens with one attached hydrogen (secondary N) is 1. The van der Waals surface area contributed by atoms with Gasteiger partial charge in [0.25, 0.3) is 0 Å². The summed E-state index contributed by atoms with van der Waals surface area (Å²) in [4.78, 5) is 7.10. The van der Waals surface area contributed by atoms with E-state index >= 15 is 0 Å². The Kier molecular flexibility index (Phi) is 10.3. The number of guanidine groups is 1. The topological polar surface area (TPSA) is 59.2 Å². The van der Waals surface area contributed by atoms with Crippen LogP contribution in [0.2, 0.25) is 0 Å². The summed E-state index contributed by atoms with van der Waals surface area (Å²) in [5.41, 5.74) is 1.16. The lowest BCUT2D eigenvalue weighted by Gasteiger charge is -2.29. The predicted molar refractivity (Wildman–Crippen MR) is 126 cm³/mol. The molecule has 0 atom stereocenters. The summed E-state index contributed by atoms with van der Waals surface area (Å²) in [6.07, 6.45) is 4.77. The largest absolute Gasteiger partial charge is 0.497 e. The second kappa shape index (κ2) is 12.7. The molecule has 7 heteroatoms. The fourth-order valence-electron chi connectivity index (χ4n) is 3.36. The fourth-order valence-corrected chi connectivity index (χ4v) is 3.36. The van der Waals surface area contributed by atoms with Gasteiger partial charge in [-0.05, 0) is 48.6 Å². The molecule has 29 heavy (non-hydrogen) atoms. The molecule has 0 aliphatic carbocycles. The zero-order valence-corrected chi connectivity index (χ0v) is 19.6. The van der Waals surface area contributed by atoms with Gasteiger partial charge in [-0.2, -0.15) is 0 Å². The molecule has 0 amide bonds. The SMILES string of the molecule is COc1ccc(CN=C(NCCc2ccco2)N(C)CC2CCOCC2)cc1.I. The Morgan fingerprint density at radius 2 is 1.97 bits per heavy atom. The quantitative estimate of drug-likeness (QED) is 0.329. The van der Waals surface area contributed by atoms with Gasteiger partial charge in [0.1, 0.15) is 11.5 Å². The number of rotatable bonds is 8. The van der Waals surface area contributed by atoms with E-state index in [4.69, 9.17) is 18.9 Å². The van der Waals surface area contributed by atoms with Gasteiger partial charge >= 0.3 is 0 Å². The third-order valence-electron chi connectivity index (χ3n) is 5.04. The molecule has 1 aliphatic heterocycles. The lowest BCUT2D eigenvalue weighted by atomic mass is 10.00. The van der Waals surface area contributed by atoms with Crippen LogP contribution in [0.3, 0.4) is 0 Å². The Hall–Kier alpha value is -1.74. The number of ether oxygens (including phenoxy) is 2. The van der Waals surface area contributed by atoms with Crippen molar-refractivity contribution in [2.75, 3.05) is 40.5 Å². The minimum Gasteiger partial charge on any atom is -0.497 e. The van der Waals surface area contributed by atoms with Crippen molar-refractivity contribution in [3.63, 3.8) is 0 Å². The minimum atomic E-state index is 0. The molecule has 2 aromatic rings. The van der Waals surface area contributed by atoms with E-state index < -0.39 is 0 Å². The normalized spacial score (nSPS) is 14.9. The molecule has 1 aromatic heterocycles. The smallest absolute Gasteiger partial charge is 0.194 e. The van der Waals surface area contributed by atoms with E-state index in [0.29, 0.717) is 12.5 Å². The molecule has 160 valence electrons. The number of benzene rings is 1. The summed E-state index contributed by atoms with van der Waals surface area (Å²) >= 11 is 0. The Balaban J connectivity index is 0.00000300. The number of nitrogens with zero attached hydrogens (tertiary/aromatic N) is 2. The van der Waals surface area contributed by atoms with Crippen LogP contribution in [0.25, 0.3) is 0 Å². The van der Waals surface area contributed by atoms with Crippen molar-refractivity contribution >= 4 is 29.9 Å². The number of hydrogen-bond acceptors (Lipinski definition) is 4. The molecular formula is C22H32IN3O3. The van der Waals surface area contributed by atoms with Crippen molar-refractivity contribution in [1.29, 1.82) is 0 Å². The molecule has 0 saturated carbocycles. The van der Waals surface area contributed by atoms with Crippen LogP contribution in [-0.4, -0.2) is 51.3 Å². The molecule has 0 radical (unpaired) electrons. The Bertz CT molecular complexity index is 713. The van der Waals surface area contributed by atoms with Crippen LogP contribution in [0.4, 0.5) is 0 Å². The van der Waals surface area contributed by atoms with Crippen LogP contribution in [0.5, 0.6) is 5.75 Å². The second-order valence-corrected chi connectivity index (χ2v) is 7.18. The fraction of sp³-hybridized carbons (Fsp3) is 0.500. The first-order valence-electron chi connectivity index (χ1n) is 9.97. The number of furan rings is 1. The molecule has 0 bridgehead atoms. The molecule has 1 aromatic carbocycles. The van der Waals surface area contributed by atoms with Crippen molar-refractivity contribution in [2.24, 2.45) is 10.9 Å². The molecule has 0 unspecified atom stereocenters. The maximum absolute atomic E-state index is 5.49. The highest BCUT2D eigenvalue weighted by atomic mass is 127. The van der Waals surface area contributed by atoms with Crippen molar-refractivity contribution in [3.05, 3.63) is 54.0 Å². The zero-order valence-electron chi connectivity index (χ0n) is 17.3. The third kappa shape index (κ3) is 7.89. The Labute approximate surface area is 190 Å². The van der Waals surface area contributed by atoms with E-state index in [1.54, 1.807) is 13.4 Å². The summed E-state index contributed by atoms with van der Waals surface area (Å²) < 4.78 is 16.1. The van der Waals surface area contributed by atoms with Gasteiger partial charge in [0, 0.05) is 39.8 Å². The molecule has 6 nitrogen and oxygen atoms in total. The summed E-state index contributed by atoms with van der Waals surface area (Å²) in [6.45, 7) is 4.13. The molecule has 2 heterocycles. The summed E-state index contributed by atoms with van der Waals surface area (Å²) in [5.74, 6) is 3.42. The van der Waals surface area contributed by atoms with Gasteiger partial charge in [-0.15, -0.1) is 24.0 Å². The van der Waals surface area contributed by atoms with Crippen molar-refractivity contribution < 1.29 is 13.9 Å². The summed E-state index contributed by atoms with van der Waals surface area (Å²) in [7, 11) is 3.79. The number of aliphatic imine (C=N–C) groups is 1. The van der Waals surface area contributed by atoms with Gasteiger partial charge in [0.05, 0.1) is 19.9 Å². The van der Waals surface area contributed by atoms with Crippen LogP contribution >= 0.6 is 24.0 Å². The molecule has 3 rings (SSSR count). The van der Waals surface area contributed by atoms with E-state index in [0.717, 1.165) is 68.6 Å². The maximum Gasteiger partial charge on any atom is 0.194 e. The van der Waals surface area contributed by atoms with Crippen molar-refractivity contribution in [3.8, 4) is 5.75 Å². The zero-order chi connectivity index (χ0) is 19.6. The van der Waals surface area contributed by atoms with Gasteiger partial charge in [-0.1, -0.05) is 12.1 Å². The Morgan fingerprint density at radius 1 is 1.21 bits per heavy atom. The second-order valence-electron chi connectivity index (χ2n) is 7.18. The molecule has 1 aliphatic rings. The predicted octanol–water partition coefficient (Wildman–Crippen LogP) is 3.95. The summed E-state index contributed by atoms with van der Waals surface area (Å²) in [6, 6.07) is 12.0. The van der Waals surface area contributed by atoms with Crippen LogP contribution in [0, 0.1) is 5.92 Å². The average molecular weight is 513 g/mol. The molecule has 1 fully saturated rings. The van der Waals surface area contributed by atoms with Gasteiger partial charge in [0.2, 0.25) is 0 Å². The van der Waals surface area contributed by atoms with Gasteiger partial charge in [0.15, 0.2) is 5.96 Å². The third-order valence-corrected chi connectivity index (χ3v) is 5.04. The van der Waals surface area contributed by atoms with Gasteiger partial charge < -0.3 is 24.1 Å². The Morgan fingerprint density at radius 3 is 2.62 bits per heavy atom. The highest BCUT2D eigenvalue weighted by Crippen LogP contribution is 2.16. The van der Waals surface area contributed by atoms with E-state index in [9.17, 15) is 0 Å². The van der Waals surface area contributed by atoms with Gasteiger partial charge in [-0.25, -0.2) is 4.99 Å². The van der Waals surface area contributed by atoms with Crippen LogP contribution < -0.4 is 10.1 Å². The van der Waals surface area contributed by atoms with E-state index in [1.807, 2.05) is 24.3 Å². The molecule has 1 saturated heterocycles. The van der Waals surface area contributed by atoms with Crippen LogP contribution in [-0.2, 0) is 17.7 Å². The van der Waals surface area contributed by atoms with Crippen LogP contribution in [0.15, 0.2) is 52.1 Å². The number of hydrogen-bond donors (Lipinski definition) is 1. The lowest BCUT2D eigenvalue weighted by Crippen LogP contribution is -2.43. The van der Waals surface area contributed by atoms with E-state index in [1.165, 1.54) is 0 Å². The highest BCUT2D eigenvalue weighted by molar-refractivity contribution is 14.0. The number of methoxy groups -OCH3 is 1. The molecule has 1 N–H and O–H groups in total. The average Bonchev–Trinajstić information content (AvgIpc) is 3.25. The van der Waals surface area contributed by atoms with Crippen molar-refractivity contribution in [2.45, 2.75) is 25.8 Å². The van der Waals surface area contributed by atoms with Crippen LogP contribution in [0.1, 0.15) is 24.2 Å². The first-order chi connectivity index (χ1) is 13.7. The first-order valence-corrected chi connectivity index (χ1v) is 9.97.